The topological polar surface area (TPSA) is 36.9 Å². The van der Waals surface area contributed by atoms with E-state index in [-0.39, 0.29) is 24.6 Å². The summed E-state index contributed by atoms with van der Waals surface area (Å²) in [5.41, 5.74) is 2.24. The zero-order chi connectivity index (χ0) is 13.5. The molecule has 3 aliphatic rings. The Balaban J connectivity index is 1.57. The lowest BCUT2D eigenvalue weighted by Gasteiger charge is -2.41. The molecule has 5 atom stereocenters. The van der Waals surface area contributed by atoms with Gasteiger partial charge in [0, 0.05) is 17.1 Å². The van der Waals surface area contributed by atoms with Crippen LogP contribution in [0.5, 0.6) is 0 Å². The molecule has 3 heterocycles. The van der Waals surface area contributed by atoms with Crippen molar-refractivity contribution >= 4 is 0 Å². The van der Waals surface area contributed by atoms with E-state index >= 15 is 0 Å². The van der Waals surface area contributed by atoms with E-state index < -0.39 is 0 Å². The van der Waals surface area contributed by atoms with Crippen molar-refractivity contribution in [1.82, 2.24) is 0 Å². The van der Waals surface area contributed by atoms with Crippen LogP contribution in [0.15, 0.2) is 42.2 Å². The predicted octanol–water partition coefficient (Wildman–Crippen LogP) is 2.42. The minimum absolute atomic E-state index is 0.0128. The van der Waals surface area contributed by atoms with Crippen molar-refractivity contribution in [1.29, 1.82) is 0 Å². The molecule has 2 saturated heterocycles. The third kappa shape index (κ3) is 1.95. The number of fused-ring (bicyclic) bond motifs is 3. The van der Waals surface area contributed by atoms with E-state index in [1.165, 1.54) is 5.57 Å². The summed E-state index contributed by atoms with van der Waals surface area (Å²) in [5, 5.41) is 0. The Hall–Kier alpha value is -1.36. The van der Waals surface area contributed by atoms with E-state index in [1.54, 1.807) is 0 Å². The molecule has 0 N–H and O–H groups in total. The standard InChI is InChI=1S/C16H18O4/c1-10-7-18-14-12(10)8-17-13-9-19-16(20-15(13)14)11-5-3-2-4-6-11/h2-6,8,10,13-16H,7,9H2,1H3/t10-,13+,14+,15+,16?/m0/s1. The van der Waals surface area contributed by atoms with Crippen molar-refractivity contribution in [3.8, 4) is 0 Å². The molecule has 4 rings (SSSR count). The van der Waals surface area contributed by atoms with Crippen LogP contribution in [0.2, 0.25) is 0 Å². The van der Waals surface area contributed by atoms with Gasteiger partial charge in [-0.05, 0) is 0 Å². The quantitative estimate of drug-likeness (QED) is 0.788. The summed E-state index contributed by atoms with van der Waals surface area (Å²) >= 11 is 0. The van der Waals surface area contributed by atoms with Crippen molar-refractivity contribution in [3.05, 3.63) is 47.7 Å². The Bertz CT molecular complexity index is 512. The molecule has 0 amide bonds. The van der Waals surface area contributed by atoms with Crippen molar-refractivity contribution in [2.75, 3.05) is 13.2 Å². The highest BCUT2D eigenvalue weighted by atomic mass is 16.7. The zero-order valence-corrected chi connectivity index (χ0v) is 11.4. The van der Waals surface area contributed by atoms with E-state index in [2.05, 4.69) is 6.92 Å². The normalized spacial score (nSPS) is 39.5. The minimum Gasteiger partial charge on any atom is -0.493 e. The first kappa shape index (κ1) is 12.4. The fraction of sp³-hybridized carbons (Fsp3) is 0.500. The Kier molecular flexibility index (Phi) is 3.02. The third-order valence-corrected chi connectivity index (χ3v) is 4.23. The van der Waals surface area contributed by atoms with Gasteiger partial charge in [-0.3, -0.25) is 0 Å². The van der Waals surface area contributed by atoms with Crippen molar-refractivity contribution < 1.29 is 18.9 Å². The van der Waals surface area contributed by atoms with Gasteiger partial charge in [0.1, 0.15) is 12.2 Å². The monoisotopic (exact) mass is 274 g/mol. The van der Waals surface area contributed by atoms with E-state index in [0.29, 0.717) is 12.5 Å². The number of benzene rings is 1. The highest BCUT2D eigenvalue weighted by Gasteiger charge is 2.47. The molecule has 0 saturated carbocycles. The van der Waals surface area contributed by atoms with E-state index in [4.69, 9.17) is 18.9 Å². The van der Waals surface area contributed by atoms with Crippen LogP contribution >= 0.6 is 0 Å². The van der Waals surface area contributed by atoms with Gasteiger partial charge >= 0.3 is 0 Å². The summed E-state index contributed by atoms with van der Waals surface area (Å²) in [4.78, 5) is 0. The fourth-order valence-electron chi connectivity index (χ4n) is 3.07. The lowest BCUT2D eigenvalue weighted by molar-refractivity contribution is -0.278. The molecule has 106 valence electrons. The molecule has 0 radical (unpaired) electrons. The maximum atomic E-state index is 6.13. The zero-order valence-electron chi connectivity index (χ0n) is 11.4. The highest BCUT2D eigenvalue weighted by Crippen LogP contribution is 2.39. The smallest absolute Gasteiger partial charge is 0.184 e. The molecule has 4 nitrogen and oxygen atoms in total. The lowest BCUT2D eigenvalue weighted by atomic mass is 9.93. The number of rotatable bonds is 1. The summed E-state index contributed by atoms with van der Waals surface area (Å²) in [5.74, 6) is 0.405. The largest absolute Gasteiger partial charge is 0.493 e. The van der Waals surface area contributed by atoms with Gasteiger partial charge in [0.25, 0.3) is 0 Å². The first-order valence-corrected chi connectivity index (χ1v) is 7.12. The van der Waals surface area contributed by atoms with Crippen molar-refractivity contribution in [2.45, 2.75) is 31.5 Å². The van der Waals surface area contributed by atoms with Crippen molar-refractivity contribution in [2.24, 2.45) is 5.92 Å². The molecule has 0 aromatic heterocycles. The van der Waals surface area contributed by atoms with E-state index in [9.17, 15) is 0 Å². The first-order valence-electron chi connectivity index (χ1n) is 7.12. The second-order valence-electron chi connectivity index (χ2n) is 5.62. The Morgan fingerprint density at radius 1 is 1.05 bits per heavy atom. The number of ether oxygens (including phenoxy) is 4. The number of hydrogen-bond acceptors (Lipinski definition) is 4. The molecule has 0 bridgehead atoms. The predicted molar refractivity (Wildman–Crippen MR) is 71.9 cm³/mol. The average Bonchev–Trinajstić information content (AvgIpc) is 2.89. The molecular weight excluding hydrogens is 256 g/mol. The molecule has 1 aromatic carbocycles. The maximum Gasteiger partial charge on any atom is 0.184 e. The molecule has 1 aromatic rings. The van der Waals surface area contributed by atoms with Gasteiger partial charge in [0.2, 0.25) is 0 Å². The molecule has 0 aliphatic carbocycles. The molecule has 20 heavy (non-hydrogen) atoms. The van der Waals surface area contributed by atoms with Crippen LogP contribution in [0.3, 0.4) is 0 Å². The highest BCUT2D eigenvalue weighted by molar-refractivity contribution is 5.21. The van der Waals surface area contributed by atoms with Crippen molar-refractivity contribution in [3.63, 3.8) is 0 Å². The SMILES string of the molecule is C[C@H]1CO[C@@H]2C1=CO[C@@H]1COC(c3ccccc3)O[C@@H]21. The van der Waals surface area contributed by atoms with Gasteiger partial charge in [0.15, 0.2) is 12.4 Å². The molecule has 3 aliphatic heterocycles. The summed E-state index contributed by atoms with van der Waals surface area (Å²) in [6.07, 6.45) is 1.37. The summed E-state index contributed by atoms with van der Waals surface area (Å²) in [7, 11) is 0. The van der Waals surface area contributed by atoms with Crippen LogP contribution in [0.25, 0.3) is 0 Å². The Morgan fingerprint density at radius 2 is 1.90 bits per heavy atom. The maximum absolute atomic E-state index is 6.13. The van der Waals surface area contributed by atoms with Gasteiger partial charge in [-0.25, -0.2) is 0 Å². The second-order valence-corrected chi connectivity index (χ2v) is 5.62. The van der Waals surface area contributed by atoms with Crippen LogP contribution < -0.4 is 0 Å². The first-order chi connectivity index (χ1) is 9.83. The van der Waals surface area contributed by atoms with E-state index in [1.807, 2.05) is 36.6 Å². The van der Waals surface area contributed by atoms with Crippen LogP contribution in [0.4, 0.5) is 0 Å². The van der Waals surface area contributed by atoms with Gasteiger partial charge in [-0.1, -0.05) is 37.3 Å². The lowest BCUT2D eigenvalue weighted by Crippen LogP contribution is -2.50. The van der Waals surface area contributed by atoms with Crippen LogP contribution in [0, 0.1) is 5.92 Å². The number of hydrogen-bond donors (Lipinski definition) is 0. The molecule has 4 heteroatoms. The molecule has 2 fully saturated rings. The Labute approximate surface area is 118 Å². The van der Waals surface area contributed by atoms with Gasteiger partial charge in [-0.2, -0.15) is 0 Å². The van der Waals surface area contributed by atoms with Gasteiger partial charge in [-0.15, -0.1) is 0 Å². The molecule has 0 spiro atoms. The summed E-state index contributed by atoms with van der Waals surface area (Å²) in [6, 6.07) is 10.0. The summed E-state index contributed by atoms with van der Waals surface area (Å²) < 4.78 is 23.6. The van der Waals surface area contributed by atoms with Crippen LogP contribution in [-0.2, 0) is 18.9 Å². The second kappa shape index (κ2) is 4.88. The Morgan fingerprint density at radius 3 is 2.75 bits per heavy atom. The van der Waals surface area contributed by atoms with Crippen LogP contribution in [-0.4, -0.2) is 31.5 Å². The van der Waals surface area contributed by atoms with E-state index in [0.717, 1.165) is 12.2 Å². The fourth-order valence-corrected chi connectivity index (χ4v) is 3.07. The molecule has 1 unspecified atom stereocenters. The third-order valence-electron chi connectivity index (χ3n) is 4.23. The van der Waals surface area contributed by atoms with Crippen LogP contribution in [0.1, 0.15) is 18.8 Å². The summed E-state index contributed by atoms with van der Waals surface area (Å²) in [6.45, 7) is 3.43. The average molecular weight is 274 g/mol. The molecular formula is C16H18O4. The minimum atomic E-state index is -0.333. The van der Waals surface area contributed by atoms with Gasteiger partial charge in [0.05, 0.1) is 19.5 Å². The van der Waals surface area contributed by atoms with Gasteiger partial charge < -0.3 is 18.9 Å².